The first-order valence-corrected chi connectivity index (χ1v) is 8.86. The molecule has 2 N–H and O–H groups in total. The van der Waals surface area contributed by atoms with Crippen LogP contribution in [-0.4, -0.2) is 29.5 Å². The number of ether oxygens (including phenoxy) is 2. The SMILES string of the molecule is CC(=O)N1N=C(/C=C/c2ccc(N)cc2)c2cc3c(cc2CC1C)OCO3. The summed E-state index contributed by atoms with van der Waals surface area (Å²) in [5.74, 6) is 1.35. The Morgan fingerprint density at radius 1 is 1.19 bits per heavy atom. The van der Waals surface area contributed by atoms with Gasteiger partial charge in [-0.05, 0) is 54.8 Å². The molecule has 0 aliphatic carbocycles. The second kappa shape index (κ2) is 6.79. The van der Waals surface area contributed by atoms with Gasteiger partial charge in [0.1, 0.15) is 0 Å². The number of nitrogens with two attached hydrogens (primary N) is 1. The molecule has 0 bridgehead atoms. The first kappa shape index (κ1) is 17.1. The maximum Gasteiger partial charge on any atom is 0.239 e. The molecule has 1 atom stereocenters. The van der Waals surface area contributed by atoms with E-state index in [1.807, 2.05) is 55.5 Å². The first-order chi connectivity index (χ1) is 13.0. The topological polar surface area (TPSA) is 77.2 Å². The molecule has 1 unspecified atom stereocenters. The molecule has 0 aromatic heterocycles. The molecule has 2 aliphatic rings. The Bertz CT molecular complexity index is 948. The van der Waals surface area contributed by atoms with Crippen molar-refractivity contribution in [3.8, 4) is 11.5 Å². The maximum absolute atomic E-state index is 12.1. The fraction of sp³-hybridized carbons (Fsp3) is 0.238. The van der Waals surface area contributed by atoms with Crippen LogP contribution in [0.15, 0.2) is 47.6 Å². The van der Waals surface area contributed by atoms with Crippen molar-refractivity contribution < 1.29 is 14.3 Å². The van der Waals surface area contributed by atoms with E-state index in [-0.39, 0.29) is 18.7 Å². The molecule has 2 heterocycles. The van der Waals surface area contributed by atoms with E-state index in [4.69, 9.17) is 15.2 Å². The van der Waals surface area contributed by atoms with Crippen molar-refractivity contribution in [2.45, 2.75) is 26.3 Å². The molecule has 0 radical (unpaired) electrons. The highest BCUT2D eigenvalue weighted by molar-refractivity contribution is 6.12. The molecule has 0 saturated carbocycles. The third kappa shape index (κ3) is 3.38. The van der Waals surface area contributed by atoms with Gasteiger partial charge in [0.2, 0.25) is 12.7 Å². The van der Waals surface area contributed by atoms with Crippen LogP contribution in [0.4, 0.5) is 5.69 Å². The summed E-state index contributed by atoms with van der Waals surface area (Å²) < 4.78 is 11.1. The lowest BCUT2D eigenvalue weighted by Crippen LogP contribution is -2.33. The molecule has 1 amide bonds. The number of amides is 1. The van der Waals surface area contributed by atoms with Crippen LogP contribution in [0.1, 0.15) is 30.5 Å². The Morgan fingerprint density at radius 2 is 1.89 bits per heavy atom. The number of hydrogen-bond donors (Lipinski definition) is 1. The molecule has 27 heavy (non-hydrogen) atoms. The molecule has 0 saturated heterocycles. The number of benzene rings is 2. The van der Waals surface area contributed by atoms with Crippen LogP contribution >= 0.6 is 0 Å². The van der Waals surface area contributed by atoms with Crippen molar-refractivity contribution in [1.29, 1.82) is 0 Å². The van der Waals surface area contributed by atoms with Crippen molar-refractivity contribution in [2.75, 3.05) is 12.5 Å². The minimum Gasteiger partial charge on any atom is -0.454 e. The van der Waals surface area contributed by atoms with Crippen LogP contribution in [-0.2, 0) is 11.2 Å². The van der Waals surface area contributed by atoms with Gasteiger partial charge in [0.05, 0.1) is 11.8 Å². The summed E-state index contributed by atoms with van der Waals surface area (Å²) in [6, 6.07) is 11.5. The zero-order valence-electron chi connectivity index (χ0n) is 15.3. The van der Waals surface area contributed by atoms with E-state index in [1.165, 1.54) is 11.9 Å². The van der Waals surface area contributed by atoms with Gasteiger partial charge in [0.15, 0.2) is 11.5 Å². The molecule has 2 aromatic rings. The molecule has 0 spiro atoms. The lowest BCUT2D eigenvalue weighted by atomic mass is 9.97. The smallest absolute Gasteiger partial charge is 0.239 e. The summed E-state index contributed by atoms with van der Waals surface area (Å²) in [6.45, 7) is 3.75. The minimum absolute atomic E-state index is 0.0518. The van der Waals surface area contributed by atoms with E-state index in [0.29, 0.717) is 23.6 Å². The van der Waals surface area contributed by atoms with Crippen LogP contribution < -0.4 is 15.2 Å². The van der Waals surface area contributed by atoms with E-state index in [1.54, 1.807) is 0 Å². The molecule has 2 aromatic carbocycles. The van der Waals surface area contributed by atoms with Crippen molar-refractivity contribution in [3.05, 3.63) is 59.2 Å². The Hall–Kier alpha value is -3.28. The Kier molecular flexibility index (Phi) is 4.32. The molecule has 2 aliphatic heterocycles. The van der Waals surface area contributed by atoms with Crippen LogP contribution in [0.25, 0.3) is 6.08 Å². The van der Waals surface area contributed by atoms with Gasteiger partial charge < -0.3 is 15.2 Å². The van der Waals surface area contributed by atoms with E-state index in [9.17, 15) is 4.79 Å². The lowest BCUT2D eigenvalue weighted by molar-refractivity contribution is -0.130. The highest BCUT2D eigenvalue weighted by atomic mass is 16.7. The zero-order chi connectivity index (χ0) is 19.0. The van der Waals surface area contributed by atoms with Crippen LogP contribution in [0.5, 0.6) is 11.5 Å². The van der Waals surface area contributed by atoms with Gasteiger partial charge in [-0.1, -0.05) is 18.2 Å². The highest BCUT2D eigenvalue weighted by Gasteiger charge is 2.26. The Morgan fingerprint density at radius 3 is 2.59 bits per heavy atom. The lowest BCUT2D eigenvalue weighted by Gasteiger charge is -2.21. The quantitative estimate of drug-likeness (QED) is 0.831. The van der Waals surface area contributed by atoms with Crippen LogP contribution in [0, 0.1) is 0 Å². The van der Waals surface area contributed by atoms with Gasteiger partial charge in [-0.15, -0.1) is 0 Å². The van der Waals surface area contributed by atoms with E-state index in [2.05, 4.69) is 5.10 Å². The summed E-state index contributed by atoms with van der Waals surface area (Å²) in [6.07, 6.45) is 4.57. The van der Waals surface area contributed by atoms with E-state index >= 15 is 0 Å². The Balaban J connectivity index is 1.79. The molecule has 6 nitrogen and oxygen atoms in total. The van der Waals surface area contributed by atoms with Crippen LogP contribution in [0.2, 0.25) is 0 Å². The van der Waals surface area contributed by atoms with Crippen molar-refractivity contribution in [3.63, 3.8) is 0 Å². The second-order valence-electron chi connectivity index (χ2n) is 6.76. The van der Waals surface area contributed by atoms with Gasteiger partial charge in [-0.2, -0.15) is 5.10 Å². The number of hydrogen-bond acceptors (Lipinski definition) is 5. The van der Waals surface area contributed by atoms with Crippen molar-refractivity contribution in [1.82, 2.24) is 5.01 Å². The predicted molar refractivity (Wildman–Crippen MR) is 105 cm³/mol. The largest absolute Gasteiger partial charge is 0.454 e. The van der Waals surface area contributed by atoms with Gasteiger partial charge in [-0.25, -0.2) is 5.01 Å². The number of rotatable bonds is 2. The maximum atomic E-state index is 12.1. The number of carbonyl (C=O) groups is 1. The predicted octanol–water partition coefficient (Wildman–Crippen LogP) is 3.21. The van der Waals surface area contributed by atoms with Crippen molar-refractivity contribution in [2.24, 2.45) is 5.10 Å². The standard InChI is InChI=1S/C21H21N3O3/c1-13-9-16-10-20-21(27-12-26-20)11-18(16)19(23-24(13)14(2)25)8-5-15-3-6-17(22)7-4-15/h3-8,10-11,13H,9,12,22H2,1-2H3/b8-5+. The number of hydrazone groups is 1. The molecule has 6 heteroatoms. The molecule has 4 rings (SSSR count). The molecule has 0 fully saturated rings. The van der Waals surface area contributed by atoms with Gasteiger partial charge in [-0.3, -0.25) is 4.79 Å². The number of nitrogens with zero attached hydrogens (tertiary/aromatic N) is 2. The molecular formula is C21H21N3O3. The average molecular weight is 363 g/mol. The minimum atomic E-state index is -0.0891. The summed E-state index contributed by atoms with van der Waals surface area (Å²) in [7, 11) is 0. The van der Waals surface area contributed by atoms with Crippen molar-refractivity contribution >= 4 is 23.4 Å². The summed E-state index contributed by atoms with van der Waals surface area (Å²) in [5.41, 5.74) is 10.2. The van der Waals surface area contributed by atoms with E-state index < -0.39 is 0 Å². The van der Waals surface area contributed by atoms with E-state index in [0.717, 1.165) is 22.4 Å². The molecular weight excluding hydrogens is 342 g/mol. The fourth-order valence-corrected chi connectivity index (χ4v) is 3.35. The number of allylic oxidation sites excluding steroid dienone is 1. The fourth-order valence-electron chi connectivity index (χ4n) is 3.35. The number of fused-ring (bicyclic) bond motifs is 2. The first-order valence-electron chi connectivity index (χ1n) is 8.86. The van der Waals surface area contributed by atoms with Gasteiger partial charge in [0, 0.05) is 18.2 Å². The number of nitrogen functional groups attached to an aromatic ring is 1. The summed E-state index contributed by atoms with van der Waals surface area (Å²) in [4.78, 5) is 12.1. The average Bonchev–Trinajstić information content (AvgIpc) is 3.04. The monoisotopic (exact) mass is 363 g/mol. The third-order valence-corrected chi connectivity index (χ3v) is 4.72. The summed E-state index contributed by atoms with van der Waals surface area (Å²) in [5, 5.41) is 6.19. The number of carbonyl (C=O) groups excluding carboxylic acids is 1. The van der Waals surface area contributed by atoms with Gasteiger partial charge in [0.25, 0.3) is 0 Å². The third-order valence-electron chi connectivity index (χ3n) is 4.72. The van der Waals surface area contributed by atoms with Crippen LogP contribution in [0.3, 0.4) is 0 Å². The van der Waals surface area contributed by atoms with Gasteiger partial charge >= 0.3 is 0 Å². The zero-order valence-corrected chi connectivity index (χ0v) is 15.3. The second-order valence-corrected chi connectivity index (χ2v) is 6.76. The highest BCUT2D eigenvalue weighted by Crippen LogP contribution is 2.37. The Labute approximate surface area is 157 Å². The summed E-state index contributed by atoms with van der Waals surface area (Å²) >= 11 is 0. The number of anilines is 1. The molecule has 138 valence electrons. The normalized spacial score (nSPS) is 18.2.